The van der Waals surface area contributed by atoms with Crippen LogP contribution in [-0.2, 0) is 21.7 Å². The molecule has 1 unspecified atom stereocenters. The monoisotopic (exact) mass is 315 g/mol. The first-order chi connectivity index (χ1) is 10.9. The van der Waals surface area contributed by atoms with E-state index in [9.17, 15) is 14.4 Å². The molecule has 23 heavy (non-hydrogen) atoms. The first-order valence-corrected chi connectivity index (χ1v) is 7.84. The van der Waals surface area contributed by atoms with Crippen molar-refractivity contribution in [3.05, 3.63) is 34.4 Å². The van der Waals surface area contributed by atoms with Gasteiger partial charge in [-0.15, -0.1) is 0 Å². The van der Waals surface area contributed by atoms with Crippen molar-refractivity contribution in [2.45, 2.75) is 50.7 Å². The Morgan fingerprint density at radius 3 is 2.70 bits per heavy atom. The molecule has 3 rings (SSSR count). The molecule has 1 aliphatic carbocycles. The van der Waals surface area contributed by atoms with Gasteiger partial charge in [-0.05, 0) is 48.9 Å². The van der Waals surface area contributed by atoms with Gasteiger partial charge in [0.1, 0.15) is 12.3 Å². The zero-order valence-corrected chi connectivity index (χ0v) is 13.2. The Morgan fingerprint density at radius 2 is 2.13 bits per heavy atom. The van der Waals surface area contributed by atoms with Crippen molar-refractivity contribution < 1.29 is 14.4 Å². The Bertz CT molecular complexity index is 695. The molecule has 0 spiro atoms. The van der Waals surface area contributed by atoms with Crippen LogP contribution in [0.5, 0.6) is 0 Å². The highest BCUT2D eigenvalue weighted by Crippen LogP contribution is 2.44. The number of carbonyl (C=O) groups is 3. The standard InChI is InChI=1S/C17H21N3O3/c1-10-7-11(17(19)4-5-17)8-12-13(10)9-20(16(12)23)14(15(18)22)3-2-6-21/h6-8,14H,2-5,9,19H2,1H3,(H2,18,22). The molecule has 1 atom stereocenters. The van der Waals surface area contributed by atoms with E-state index in [-0.39, 0.29) is 24.3 Å². The lowest BCUT2D eigenvalue weighted by Gasteiger charge is -2.24. The highest BCUT2D eigenvalue weighted by atomic mass is 16.2. The summed E-state index contributed by atoms with van der Waals surface area (Å²) in [6.45, 7) is 2.31. The zero-order chi connectivity index (χ0) is 16.8. The topological polar surface area (TPSA) is 106 Å². The number of carbonyl (C=O) groups excluding carboxylic acids is 3. The number of benzene rings is 1. The Kier molecular flexibility index (Phi) is 3.72. The number of nitrogens with two attached hydrogens (primary N) is 2. The lowest BCUT2D eigenvalue weighted by molar-refractivity contribution is -0.122. The molecular formula is C17H21N3O3. The fourth-order valence-electron chi connectivity index (χ4n) is 3.25. The molecule has 1 aromatic carbocycles. The number of amides is 2. The summed E-state index contributed by atoms with van der Waals surface area (Å²) in [5, 5.41) is 0. The van der Waals surface area contributed by atoms with E-state index in [0.29, 0.717) is 12.1 Å². The Labute approximate surface area is 134 Å². The molecule has 6 nitrogen and oxygen atoms in total. The summed E-state index contributed by atoms with van der Waals surface area (Å²) in [4.78, 5) is 36.5. The van der Waals surface area contributed by atoms with Crippen molar-refractivity contribution in [3.63, 3.8) is 0 Å². The third kappa shape index (κ3) is 2.63. The summed E-state index contributed by atoms with van der Waals surface area (Å²) < 4.78 is 0. The number of fused-ring (bicyclic) bond motifs is 1. The van der Waals surface area contributed by atoms with Gasteiger partial charge in [-0.25, -0.2) is 0 Å². The van der Waals surface area contributed by atoms with Gasteiger partial charge in [-0.2, -0.15) is 0 Å². The van der Waals surface area contributed by atoms with E-state index in [0.717, 1.165) is 35.8 Å². The molecule has 0 saturated heterocycles. The molecular weight excluding hydrogens is 294 g/mol. The minimum Gasteiger partial charge on any atom is -0.368 e. The molecule has 0 aromatic heterocycles. The number of hydrogen-bond acceptors (Lipinski definition) is 4. The quantitative estimate of drug-likeness (QED) is 0.755. The first kappa shape index (κ1) is 15.7. The summed E-state index contributed by atoms with van der Waals surface area (Å²) in [6, 6.07) is 3.14. The molecule has 0 bridgehead atoms. The minimum absolute atomic E-state index is 0.198. The van der Waals surface area contributed by atoms with Crippen molar-refractivity contribution in [1.82, 2.24) is 4.90 Å². The van der Waals surface area contributed by atoms with Crippen LogP contribution < -0.4 is 11.5 Å². The maximum Gasteiger partial charge on any atom is 0.255 e. The predicted octanol–water partition coefficient (Wildman–Crippen LogP) is 0.732. The van der Waals surface area contributed by atoms with Crippen molar-refractivity contribution in [2.24, 2.45) is 11.5 Å². The van der Waals surface area contributed by atoms with Crippen LogP contribution in [0.3, 0.4) is 0 Å². The molecule has 2 amide bonds. The van der Waals surface area contributed by atoms with Crippen molar-refractivity contribution in [1.29, 1.82) is 0 Å². The maximum atomic E-state index is 12.7. The third-order valence-corrected chi connectivity index (χ3v) is 4.92. The van der Waals surface area contributed by atoms with E-state index in [1.807, 2.05) is 19.1 Å². The molecule has 6 heteroatoms. The smallest absolute Gasteiger partial charge is 0.255 e. The van der Waals surface area contributed by atoms with Gasteiger partial charge in [0.2, 0.25) is 5.91 Å². The summed E-state index contributed by atoms with van der Waals surface area (Å²) >= 11 is 0. The van der Waals surface area contributed by atoms with Crippen LogP contribution in [0.15, 0.2) is 12.1 Å². The molecule has 1 heterocycles. The second kappa shape index (κ2) is 5.45. The van der Waals surface area contributed by atoms with Gasteiger partial charge in [0.05, 0.1) is 0 Å². The van der Waals surface area contributed by atoms with Gasteiger partial charge in [0.15, 0.2) is 0 Å². The summed E-state index contributed by atoms with van der Waals surface area (Å²) in [6.07, 6.45) is 3.03. The average Bonchev–Trinajstić information content (AvgIpc) is 3.17. The van der Waals surface area contributed by atoms with Gasteiger partial charge in [0.25, 0.3) is 5.91 Å². The SMILES string of the molecule is Cc1cc(C2(N)CC2)cc2c1CN(C(CCC=O)C(N)=O)C2=O. The summed E-state index contributed by atoms with van der Waals surface area (Å²) in [7, 11) is 0. The van der Waals surface area contributed by atoms with Gasteiger partial charge < -0.3 is 21.2 Å². The van der Waals surface area contributed by atoms with Crippen LogP contribution in [0.1, 0.15) is 52.7 Å². The van der Waals surface area contributed by atoms with E-state index in [1.165, 1.54) is 4.90 Å². The number of hydrogen-bond donors (Lipinski definition) is 2. The Morgan fingerprint density at radius 1 is 1.43 bits per heavy atom. The van der Waals surface area contributed by atoms with Crippen LogP contribution in [0.25, 0.3) is 0 Å². The molecule has 1 aliphatic heterocycles. The van der Waals surface area contributed by atoms with Crippen LogP contribution in [-0.4, -0.2) is 29.0 Å². The molecule has 1 fully saturated rings. The second-order valence-electron chi connectivity index (χ2n) is 6.57. The highest BCUT2D eigenvalue weighted by Gasteiger charge is 2.42. The van der Waals surface area contributed by atoms with E-state index < -0.39 is 11.9 Å². The first-order valence-electron chi connectivity index (χ1n) is 7.84. The summed E-state index contributed by atoms with van der Waals surface area (Å²) in [5.41, 5.74) is 14.9. The van der Waals surface area contributed by atoms with Gasteiger partial charge in [-0.1, -0.05) is 6.07 Å². The highest BCUT2D eigenvalue weighted by molar-refractivity contribution is 6.01. The van der Waals surface area contributed by atoms with Crippen LogP contribution in [0.2, 0.25) is 0 Å². The average molecular weight is 315 g/mol. The Balaban J connectivity index is 1.93. The molecule has 122 valence electrons. The fourth-order valence-corrected chi connectivity index (χ4v) is 3.25. The van der Waals surface area contributed by atoms with Gasteiger partial charge in [-0.3, -0.25) is 9.59 Å². The number of aldehydes is 1. The van der Waals surface area contributed by atoms with Crippen LogP contribution >= 0.6 is 0 Å². The van der Waals surface area contributed by atoms with E-state index >= 15 is 0 Å². The Hall–Kier alpha value is -2.21. The largest absolute Gasteiger partial charge is 0.368 e. The molecule has 1 saturated carbocycles. The normalized spacial score (nSPS) is 19.4. The number of primary amides is 1. The van der Waals surface area contributed by atoms with Crippen LogP contribution in [0, 0.1) is 6.92 Å². The molecule has 0 radical (unpaired) electrons. The van der Waals surface area contributed by atoms with E-state index in [4.69, 9.17) is 11.5 Å². The molecule has 2 aliphatic rings. The van der Waals surface area contributed by atoms with Crippen LogP contribution in [0.4, 0.5) is 0 Å². The van der Waals surface area contributed by atoms with E-state index in [1.54, 1.807) is 0 Å². The third-order valence-electron chi connectivity index (χ3n) is 4.92. The summed E-state index contributed by atoms with van der Waals surface area (Å²) in [5.74, 6) is -0.785. The molecule has 4 N–H and O–H groups in total. The fraction of sp³-hybridized carbons (Fsp3) is 0.471. The lowest BCUT2D eigenvalue weighted by Crippen LogP contribution is -2.44. The minimum atomic E-state index is -0.754. The predicted molar refractivity (Wildman–Crippen MR) is 84.4 cm³/mol. The molecule has 1 aromatic rings. The van der Waals surface area contributed by atoms with Crippen molar-refractivity contribution in [2.75, 3.05) is 0 Å². The van der Waals surface area contributed by atoms with Gasteiger partial charge in [0, 0.05) is 24.1 Å². The number of nitrogens with zero attached hydrogens (tertiary/aromatic N) is 1. The van der Waals surface area contributed by atoms with Gasteiger partial charge >= 0.3 is 0 Å². The van der Waals surface area contributed by atoms with E-state index in [2.05, 4.69) is 0 Å². The number of rotatable bonds is 6. The maximum absolute atomic E-state index is 12.7. The van der Waals surface area contributed by atoms with Crippen molar-refractivity contribution >= 4 is 18.1 Å². The van der Waals surface area contributed by atoms with Crippen molar-refractivity contribution in [3.8, 4) is 0 Å². The lowest BCUT2D eigenvalue weighted by atomic mass is 9.96. The number of aryl methyl sites for hydroxylation is 1. The second-order valence-corrected chi connectivity index (χ2v) is 6.57. The zero-order valence-electron chi connectivity index (χ0n) is 13.2.